The maximum absolute atomic E-state index is 13.8. The first-order valence-electron chi connectivity index (χ1n) is 5.71. The van der Waals surface area contributed by atoms with Gasteiger partial charge in [0.25, 0.3) is 0 Å². The number of nitrogens with two attached hydrogens (primary N) is 1. The summed E-state index contributed by atoms with van der Waals surface area (Å²) in [6.45, 7) is 3.64. The van der Waals surface area contributed by atoms with Gasteiger partial charge in [0.1, 0.15) is 0 Å². The van der Waals surface area contributed by atoms with Crippen molar-refractivity contribution in [2.75, 3.05) is 0 Å². The van der Waals surface area contributed by atoms with Crippen LogP contribution in [0.25, 0.3) is 0 Å². The highest BCUT2D eigenvalue weighted by Gasteiger charge is 2.15. The lowest BCUT2D eigenvalue weighted by Gasteiger charge is -2.14. The molecule has 1 aromatic carbocycles. The van der Waals surface area contributed by atoms with Gasteiger partial charge in [-0.1, -0.05) is 12.1 Å². The lowest BCUT2D eigenvalue weighted by Crippen LogP contribution is -2.08. The Labute approximate surface area is 105 Å². The standard InChI is InChI=1S/C13H16FN3O/c1-8-7-12(17(3)16-8)18-13-10(9(2)15)5-4-6-11(13)14/h4-7,9H,15H2,1-3H3/t9-/m1/s1. The van der Waals surface area contributed by atoms with E-state index in [1.54, 1.807) is 36.9 Å². The monoisotopic (exact) mass is 249 g/mol. The van der Waals surface area contributed by atoms with Crippen molar-refractivity contribution in [3.05, 3.63) is 41.3 Å². The average molecular weight is 249 g/mol. The third kappa shape index (κ3) is 2.36. The third-order valence-electron chi connectivity index (χ3n) is 2.65. The van der Waals surface area contributed by atoms with Gasteiger partial charge in [-0.2, -0.15) is 5.10 Å². The molecule has 1 aromatic heterocycles. The van der Waals surface area contributed by atoms with Gasteiger partial charge in [-0.05, 0) is 19.9 Å². The van der Waals surface area contributed by atoms with Gasteiger partial charge in [-0.15, -0.1) is 0 Å². The molecule has 18 heavy (non-hydrogen) atoms. The largest absolute Gasteiger partial charge is 0.436 e. The second kappa shape index (κ2) is 4.78. The van der Waals surface area contributed by atoms with Gasteiger partial charge in [0, 0.05) is 24.7 Å². The van der Waals surface area contributed by atoms with E-state index in [1.165, 1.54) is 6.07 Å². The van der Waals surface area contributed by atoms with Crippen molar-refractivity contribution in [1.29, 1.82) is 0 Å². The van der Waals surface area contributed by atoms with E-state index in [2.05, 4.69) is 5.10 Å². The minimum Gasteiger partial charge on any atom is -0.436 e. The summed E-state index contributed by atoms with van der Waals surface area (Å²) < 4.78 is 21.0. The molecule has 0 amide bonds. The summed E-state index contributed by atoms with van der Waals surface area (Å²) in [5.41, 5.74) is 7.26. The van der Waals surface area contributed by atoms with Gasteiger partial charge >= 0.3 is 0 Å². The van der Waals surface area contributed by atoms with Crippen molar-refractivity contribution in [3.63, 3.8) is 0 Å². The lowest BCUT2D eigenvalue weighted by atomic mass is 10.1. The Balaban J connectivity index is 2.42. The topological polar surface area (TPSA) is 53.1 Å². The van der Waals surface area contributed by atoms with Crippen molar-refractivity contribution >= 4 is 0 Å². The number of benzene rings is 1. The highest BCUT2D eigenvalue weighted by molar-refractivity contribution is 5.39. The smallest absolute Gasteiger partial charge is 0.217 e. The molecule has 96 valence electrons. The van der Waals surface area contributed by atoms with E-state index in [1.807, 2.05) is 6.92 Å². The molecule has 2 rings (SSSR count). The van der Waals surface area contributed by atoms with Crippen LogP contribution in [-0.4, -0.2) is 9.78 Å². The number of halogens is 1. The van der Waals surface area contributed by atoms with Gasteiger partial charge in [0.15, 0.2) is 11.6 Å². The summed E-state index contributed by atoms with van der Waals surface area (Å²) in [4.78, 5) is 0. The first kappa shape index (κ1) is 12.6. The molecule has 0 bridgehead atoms. The molecule has 4 nitrogen and oxygen atoms in total. The first-order chi connectivity index (χ1) is 8.49. The zero-order chi connectivity index (χ0) is 13.3. The molecule has 0 saturated carbocycles. The molecule has 0 aliphatic heterocycles. The predicted molar refractivity (Wildman–Crippen MR) is 67.0 cm³/mol. The molecule has 1 heterocycles. The molecule has 0 spiro atoms. The number of aryl methyl sites for hydroxylation is 2. The molecule has 0 aliphatic carbocycles. The molecule has 2 N–H and O–H groups in total. The van der Waals surface area contributed by atoms with Crippen LogP contribution in [0.4, 0.5) is 4.39 Å². The zero-order valence-corrected chi connectivity index (χ0v) is 10.6. The van der Waals surface area contributed by atoms with E-state index >= 15 is 0 Å². The molecule has 2 aromatic rings. The second-order valence-corrected chi connectivity index (χ2v) is 4.30. The summed E-state index contributed by atoms with van der Waals surface area (Å²) in [5.74, 6) is 0.221. The Morgan fingerprint density at radius 1 is 1.44 bits per heavy atom. The van der Waals surface area contributed by atoms with Crippen LogP contribution in [0.2, 0.25) is 0 Å². The zero-order valence-electron chi connectivity index (χ0n) is 10.6. The summed E-state index contributed by atoms with van der Waals surface area (Å²) in [5, 5.41) is 4.15. The molecular weight excluding hydrogens is 233 g/mol. The average Bonchev–Trinajstić information content (AvgIpc) is 2.60. The Bertz CT molecular complexity index is 563. The minimum atomic E-state index is -0.427. The molecule has 0 unspecified atom stereocenters. The van der Waals surface area contributed by atoms with Crippen molar-refractivity contribution in [2.45, 2.75) is 19.9 Å². The minimum absolute atomic E-state index is 0.163. The summed E-state index contributed by atoms with van der Waals surface area (Å²) >= 11 is 0. The van der Waals surface area contributed by atoms with Crippen molar-refractivity contribution < 1.29 is 9.13 Å². The third-order valence-corrected chi connectivity index (χ3v) is 2.65. The molecule has 0 radical (unpaired) electrons. The number of hydrogen-bond donors (Lipinski definition) is 1. The molecule has 0 saturated heterocycles. The van der Waals surface area contributed by atoms with Crippen LogP contribution in [0.5, 0.6) is 11.6 Å². The quantitative estimate of drug-likeness (QED) is 0.909. The number of rotatable bonds is 3. The van der Waals surface area contributed by atoms with Gasteiger partial charge in [-0.25, -0.2) is 9.07 Å². The Morgan fingerprint density at radius 2 is 2.17 bits per heavy atom. The molecule has 0 fully saturated rings. The summed E-state index contributed by atoms with van der Waals surface area (Å²) in [7, 11) is 1.74. The van der Waals surface area contributed by atoms with E-state index in [9.17, 15) is 4.39 Å². The summed E-state index contributed by atoms with van der Waals surface area (Å²) in [6.07, 6.45) is 0. The van der Waals surface area contributed by atoms with Crippen LogP contribution in [0.15, 0.2) is 24.3 Å². The molecule has 1 atom stereocenters. The van der Waals surface area contributed by atoms with Crippen LogP contribution in [0, 0.1) is 12.7 Å². The summed E-state index contributed by atoms with van der Waals surface area (Å²) in [6, 6.07) is 6.17. The van der Waals surface area contributed by atoms with Gasteiger partial charge in [-0.3, -0.25) is 0 Å². The van der Waals surface area contributed by atoms with Crippen molar-refractivity contribution in [1.82, 2.24) is 9.78 Å². The van der Waals surface area contributed by atoms with E-state index in [0.717, 1.165) is 5.69 Å². The van der Waals surface area contributed by atoms with Crippen molar-refractivity contribution in [3.8, 4) is 11.6 Å². The fourth-order valence-electron chi connectivity index (χ4n) is 1.78. The van der Waals surface area contributed by atoms with Crippen molar-refractivity contribution in [2.24, 2.45) is 12.8 Å². The number of para-hydroxylation sites is 1. The van der Waals surface area contributed by atoms with Gasteiger partial charge in [0.2, 0.25) is 5.88 Å². The first-order valence-corrected chi connectivity index (χ1v) is 5.71. The van der Waals surface area contributed by atoms with Crippen LogP contribution < -0.4 is 10.5 Å². The Hall–Kier alpha value is -1.88. The van der Waals surface area contributed by atoms with Crippen LogP contribution in [0.1, 0.15) is 24.2 Å². The maximum atomic E-state index is 13.8. The number of ether oxygens (including phenoxy) is 1. The number of hydrogen-bond acceptors (Lipinski definition) is 3. The fourth-order valence-corrected chi connectivity index (χ4v) is 1.78. The Morgan fingerprint density at radius 3 is 2.72 bits per heavy atom. The van der Waals surface area contributed by atoms with Crippen LogP contribution in [-0.2, 0) is 7.05 Å². The lowest BCUT2D eigenvalue weighted by molar-refractivity contribution is 0.396. The van der Waals surface area contributed by atoms with E-state index in [-0.39, 0.29) is 11.8 Å². The predicted octanol–water partition coefficient (Wildman–Crippen LogP) is 2.68. The molecule has 0 aliphatic rings. The van der Waals surface area contributed by atoms with Crippen LogP contribution in [0.3, 0.4) is 0 Å². The second-order valence-electron chi connectivity index (χ2n) is 4.30. The highest BCUT2D eigenvalue weighted by atomic mass is 19.1. The van der Waals surface area contributed by atoms with Crippen LogP contribution >= 0.6 is 0 Å². The normalized spacial score (nSPS) is 12.5. The van der Waals surface area contributed by atoms with E-state index in [0.29, 0.717) is 11.4 Å². The van der Waals surface area contributed by atoms with Gasteiger partial charge < -0.3 is 10.5 Å². The number of aromatic nitrogens is 2. The number of nitrogens with zero attached hydrogens (tertiary/aromatic N) is 2. The maximum Gasteiger partial charge on any atom is 0.217 e. The van der Waals surface area contributed by atoms with Gasteiger partial charge in [0.05, 0.1) is 5.69 Å². The van der Waals surface area contributed by atoms with E-state index in [4.69, 9.17) is 10.5 Å². The fraction of sp³-hybridized carbons (Fsp3) is 0.308. The van der Waals surface area contributed by atoms with E-state index < -0.39 is 5.82 Å². The molecular formula is C13H16FN3O. The SMILES string of the molecule is Cc1cc(Oc2c(F)cccc2[C@@H](C)N)n(C)n1. The Kier molecular flexibility index (Phi) is 3.34. The molecule has 5 heteroatoms. The highest BCUT2D eigenvalue weighted by Crippen LogP contribution is 2.31.